The van der Waals surface area contributed by atoms with Gasteiger partial charge in [-0.3, -0.25) is 14.9 Å². The number of anilines is 1. The molecule has 2 heterocycles. The maximum absolute atomic E-state index is 12.2. The van der Waals surface area contributed by atoms with E-state index < -0.39 is 0 Å². The van der Waals surface area contributed by atoms with Crippen molar-refractivity contribution in [1.29, 1.82) is 0 Å². The van der Waals surface area contributed by atoms with Gasteiger partial charge in [0, 0.05) is 21.7 Å². The number of rotatable bonds is 6. The number of aromatic hydroxyl groups is 1. The molecule has 29 heavy (non-hydrogen) atoms. The number of hydrogen-bond donors (Lipinski definition) is 3. The van der Waals surface area contributed by atoms with E-state index in [1.807, 2.05) is 5.38 Å². The highest BCUT2D eigenvalue weighted by molar-refractivity contribution is 7.14. The number of aromatic nitrogens is 2. The van der Waals surface area contributed by atoms with Crippen molar-refractivity contribution in [2.75, 3.05) is 5.32 Å². The summed E-state index contributed by atoms with van der Waals surface area (Å²) in [5.74, 6) is -0.514. The summed E-state index contributed by atoms with van der Waals surface area (Å²) in [6.45, 7) is 6.69. The lowest BCUT2D eigenvalue weighted by Gasteiger charge is -2.13. The molecule has 0 bridgehead atoms. The third-order valence-corrected chi connectivity index (χ3v) is 6.01. The number of phenols is 1. The molecule has 0 aliphatic heterocycles. The van der Waals surface area contributed by atoms with Crippen LogP contribution in [0.2, 0.25) is 0 Å². The zero-order valence-corrected chi connectivity index (χ0v) is 18.0. The first-order valence-electron chi connectivity index (χ1n) is 8.97. The third-order valence-electron chi connectivity index (χ3n) is 3.88. The molecular weight excluding hydrogens is 408 g/mol. The average molecular weight is 431 g/mol. The van der Waals surface area contributed by atoms with E-state index in [1.54, 1.807) is 28.8 Å². The molecule has 0 saturated heterocycles. The summed E-state index contributed by atoms with van der Waals surface area (Å²) in [5, 5.41) is 20.1. The van der Waals surface area contributed by atoms with Crippen molar-refractivity contribution in [3.63, 3.8) is 0 Å². The van der Waals surface area contributed by atoms with Crippen LogP contribution >= 0.6 is 22.7 Å². The van der Waals surface area contributed by atoms with Crippen LogP contribution in [0.1, 0.15) is 47.5 Å². The fourth-order valence-electron chi connectivity index (χ4n) is 2.41. The number of phenolic OH excluding ortho intramolecular Hbond substituents is 1. The lowest BCUT2D eigenvalue weighted by Crippen LogP contribution is -2.25. The van der Waals surface area contributed by atoms with Gasteiger partial charge in [-0.1, -0.05) is 26.8 Å². The van der Waals surface area contributed by atoms with Gasteiger partial charge in [-0.05, 0) is 18.2 Å². The normalized spacial score (nSPS) is 11.3. The van der Waals surface area contributed by atoms with Gasteiger partial charge in [0.05, 0.1) is 29.4 Å². The molecule has 1 aromatic carbocycles. The van der Waals surface area contributed by atoms with Crippen molar-refractivity contribution in [2.24, 2.45) is 0 Å². The SMILES string of the molecule is CC(C)(C)c1nc(CNC(=O)Cc2csc(NC(=O)c3cccc(O)c3)n2)cs1. The minimum absolute atomic E-state index is 0.00709. The molecule has 0 spiro atoms. The Morgan fingerprint density at radius 1 is 1.10 bits per heavy atom. The summed E-state index contributed by atoms with van der Waals surface area (Å²) in [7, 11) is 0. The van der Waals surface area contributed by atoms with Gasteiger partial charge >= 0.3 is 0 Å². The molecule has 0 radical (unpaired) electrons. The summed E-state index contributed by atoms with van der Waals surface area (Å²) in [6.07, 6.45) is 0.120. The molecule has 0 atom stereocenters. The van der Waals surface area contributed by atoms with Crippen LogP contribution < -0.4 is 10.6 Å². The standard InChI is InChI=1S/C20H22N4O3S2/c1-20(2,3)18-22-14(11-28-18)9-21-16(26)8-13-10-29-19(23-13)24-17(27)12-5-4-6-15(25)7-12/h4-7,10-11,25H,8-9H2,1-3H3,(H,21,26)(H,23,24,27). The zero-order chi connectivity index (χ0) is 21.0. The molecule has 2 aromatic heterocycles. The first kappa shape index (κ1) is 20.9. The second-order valence-electron chi connectivity index (χ2n) is 7.50. The Balaban J connectivity index is 1.51. The van der Waals surface area contributed by atoms with Crippen molar-refractivity contribution >= 4 is 39.6 Å². The number of amides is 2. The predicted molar refractivity (Wildman–Crippen MR) is 115 cm³/mol. The second kappa shape index (κ2) is 8.71. The molecule has 0 saturated carbocycles. The van der Waals surface area contributed by atoms with Crippen molar-refractivity contribution < 1.29 is 14.7 Å². The van der Waals surface area contributed by atoms with Crippen molar-refractivity contribution in [2.45, 2.75) is 39.2 Å². The number of benzene rings is 1. The average Bonchev–Trinajstić information content (AvgIpc) is 3.29. The van der Waals surface area contributed by atoms with E-state index in [2.05, 4.69) is 41.4 Å². The summed E-state index contributed by atoms with van der Waals surface area (Å²) in [5.41, 5.74) is 1.74. The quantitative estimate of drug-likeness (QED) is 0.553. The highest BCUT2D eigenvalue weighted by Crippen LogP contribution is 2.25. The van der Waals surface area contributed by atoms with E-state index in [1.165, 1.54) is 23.5 Å². The molecular formula is C20H22N4O3S2. The van der Waals surface area contributed by atoms with E-state index >= 15 is 0 Å². The van der Waals surface area contributed by atoms with Gasteiger partial charge < -0.3 is 10.4 Å². The molecule has 7 nitrogen and oxygen atoms in total. The minimum Gasteiger partial charge on any atom is -0.508 e. The zero-order valence-electron chi connectivity index (χ0n) is 16.4. The fraction of sp³-hybridized carbons (Fsp3) is 0.300. The lowest BCUT2D eigenvalue weighted by atomic mass is 9.98. The van der Waals surface area contributed by atoms with Crippen LogP contribution in [-0.4, -0.2) is 26.9 Å². The van der Waals surface area contributed by atoms with E-state index in [4.69, 9.17) is 0 Å². The Labute approximate surface area is 176 Å². The maximum Gasteiger partial charge on any atom is 0.257 e. The molecule has 3 aromatic rings. The van der Waals surface area contributed by atoms with Crippen molar-refractivity contribution in [1.82, 2.24) is 15.3 Å². The van der Waals surface area contributed by atoms with Gasteiger partial charge in [-0.25, -0.2) is 9.97 Å². The minimum atomic E-state index is -0.371. The summed E-state index contributed by atoms with van der Waals surface area (Å²) in [4.78, 5) is 33.2. The maximum atomic E-state index is 12.2. The Morgan fingerprint density at radius 3 is 2.55 bits per heavy atom. The Bertz CT molecular complexity index is 1020. The summed E-state index contributed by atoms with van der Waals surface area (Å²) < 4.78 is 0. The molecule has 0 unspecified atom stereocenters. The summed E-state index contributed by atoms with van der Waals surface area (Å²) >= 11 is 2.83. The highest BCUT2D eigenvalue weighted by Gasteiger charge is 2.18. The molecule has 9 heteroatoms. The van der Waals surface area contributed by atoms with E-state index in [9.17, 15) is 14.7 Å². The second-order valence-corrected chi connectivity index (χ2v) is 9.21. The Kier molecular flexibility index (Phi) is 6.29. The van der Waals surface area contributed by atoms with Crippen LogP contribution in [0, 0.1) is 0 Å². The molecule has 0 fully saturated rings. The first-order chi connectivity index (χ1) is 13.7. The number of carbonyl (C=O) groups is 2. The van der Waals surface area contributed by atoms with Crippen LogP contribution in [0.5, 0.6) is 5.75 Å². The van der Waals surface area contributed by atoms with E-state index in [0.717, 1.165) is 10.7 Å². The molecule has 0 aliphatic carbocycles. The monoisotopic (exact) mass is 430 g/mol. The first-order valence-corrected chi connectivity index (χ1v) is 10.7. The predicted octanol–water partition coefficient (Wildman–Crippen LogP) is 3.71. The number of hydrogen-bond acceptors (Lipinski definition) is 7. The highest BCUT2D eigenvalue weighted by atomic mass is 32.1. The van der Waals surface area contributed by atoms with E-state index in [-0.39, 0.29) is 29.4 Å². The molecule has 0 aliphatic rings. The van der Waals surface area contributed by atoms with Crippen LogP contribution in [0.15, 0.2) is 35.0 Å². The van der Waals surface area contributed by atoms with Crippen LogP contribution in [0.3, 0.4) is 0 Å². The lowest BCUT2D eigenvalue weighted by molar-refractivity contribution is -0.120. The van der Waals surface area contributed by atoms with Gasteiger partial charge in [-0.2, -0.15) is 0 Å². The van der Waals surface area contributed by atoms with Gasteiger partial charge in [-0.15, -0.1) is 22.7 Å². The molecule has 2 amide bonds. The Morgan fingerprint density at radius 2 is 1.86 bits per heavy atom. The van der Waals surface area contributed by atoms with Gasteiger partial charge in [0.15, 0.2) is 5.13 Å². The van der Waals surface area contributed by atoms with Crippen LogP contribution in [0.25, 0.3) is 0 Å². The van der Waals surface area contributed by atoms with E-state index in [0.29, 0.717) is 22.9 Å². The van der Waals surface area contributed by atoms with Crippen LogP contribution in [-0.2, 0) is 23.2 Å². The van der Waals surface area contributed by atoms with Gasteiger partial charge in [0.25, 0.3) is 5.91 Å². The third kappa shape index (κ3) is 5.85. The topological polar surface area (TPSA) is 104 Å². The van der Waals surface area contributed by atoms with Crippen LogP contribution in [0.4, 0.5) is 5.13 Å². The fourth-order valence-corrected chi connectivity index (χ4v) is 4.02. The van der Waals surface area contributed by atoms with Crippen molar-refractivity contribution in [3.8, 4) is 5.75 Å². The number of nitrogens with zero attached hydrogens (tertiary/aromatic N) is 2. The largest absolute Gasteiger partial charge is 0.508 e. The molecule has 3 N–H and O–H groups in total. The summed E-state index contributed by atoms with van der Waals surface area (Å²) in [6, 6.07) is 6.06. The Hall–Kier alpha value is -2.78. The van der Waals surface area contributed by atoms with Gasteiger partial charge in [0.1, 0.15) is 5.75 Å². The molecule has 3 rings (SSSR count). The smallest absolute Gasteiger partial charge is 0.257 e. The number of carbonyl (C=O) groups excluding carboxylic acids is 2. The van der Waals surface area contributed by atoms with Crippen molar-refractivity contribution in [3.05, 3.63) is 57.0 Å². The number of thiazole rings is 2. The number of nitrogens with one attached hydrogen (secondary N) is 2. The molecule has 152 valence electrons. The van der Waals surface area contributed by atoms with Gasteiger partial charge in [0.2, 0.25) is 5.91 Å².